The van der Waals surface area contributed by atoms with Crippen molar-refractivity contribution in [2.45, 2.75) is 12.4 Å². The van der Waals surface area contributed by atoms with Gasteiger partial charge in [0.2, 0.25) is 0 Å². The van der Waals surface area contributed by atoms with Gasteiger partial charge in [-0.3, -0.25) is 0 Å². The van der Waals surface area contributed by atoms with Crippen molar-refractivity contribution in [1.29, 1.82) is 0 Å². The second-order valence-corrected chi connectivity index (χ2v) is 5.29. The van der Waals surface area contributed by atoms with Crippen LogP contribution in [0, 0.1) is 0 Å². The van der Waals surface area contributed by atoms with E-state index in [4.69, 9.17) is 23.2 Å². The Morgan fingerprint density at radius 2 is 1.73 bits per heavy atom. The van der Waals surface area contributed by atoms with E-state index in [1.807, 2.05) is 0 Å². The molecule has 2 rings (SSSR count). The van der Waals surface area contributed by atoms with Crippen molar-refractivity contribution in [1.82, 2.24) is 0 Å². The molecule has 1 unspecified atom stereocenters. The number of hydrogen-bond donors (Lipinski definition) is 3. The third kappa shape index (κ3) is 3.76. The van der Waals surface area contributed by atoms with Crippen molar-refractivity contribution < 1.29 is 23.4 Å². The van der Waals surface area contributed by atoms with Gasteiger partial charge in [-0.05, 0) is 36.4 Å². The molecule has 0 spiro atoms. The lowest BCUT2D eigenvalue weighted by atomic mass is 10.1. The summed E-state index contributed by atoms with van der Waals surface area (Å²) in [7, 11) is 0. The zero-order chi connectivity index (χ0) is 16.5. The first-order valence-corrected chi connectivity index (χ1v) is 6.74. The minimum Gasteiger partial charge on any atom is -0.507 e. The van der Waals surface area contributed by atoms with Crippen LogP contribution in [0.2, 0.25) is 10.0 Å². The first-order valence-electron chi connectivity index (χ1n) is 5.98. The number of phenols is 1. The molecule has 0 bridgehead atoms. The maximum atomic E-state index is 12.5. The van der Waals surface area contributed by atoms with Gasteiger partial charge in [-0.2, -0.15) is 13.2 Å². The van der Waals surface area contributed by atoms with Gasteiger partial charge in [0, 0.05) is 10.6 Å². The molecule has 0 aromatic heterocycles. The van der Waals surface area contributed by atoms with Crippen LogP contribution in [0.4, 0.5) is 18.9 Å². The third-order valence-electron chi connectivity index (χ3n) is 2.87. The third-order valence-corrected chi connectivity index (χ3v) is 3.42. The lowest BCUT2D eigenvalue weighted by Crippen LogP contribution is -2.11. The highest BCUT2D eigenvalue weighted by atomic mass is 35.5. The molecule has 0 fully saturated rings. The Labute approximate surface area is 133 Å². The van der Waals surface area contributed by atoms with Crippen molar-refractivity contribution in [3.63, 3.8) is 0 Å². The van der Waals surface area contributed by atoms with Gasteiger partial charge >= 0.3 is 6.18 Å². The molecule has 0 radical (unpaired) electrons. The summed E-state index contributed by atoms with van der Waals surface area (Å²) < 4.78 is 37.6. The van der Waals surface area contributed by atoms with E-state index in [-0.39, 0.29) is 27.0 Å². The summed E-state index contributed by atoms with van der Waals surface area (Å²) in [5.74, 6) is -0.215. The average molecular weight is 352 g/mol. The van der Waals surface area contributed by atoms with E-state index in [9.17, 15) is 23.4 Å². The minimum absolute atomic E-state index is 0.0727. The van der Waals surface area contributed by atoms with Crippen LogP contribution in [0.1, 0.15) is 17.4 Å². The summed E-state index contributed by atoms with van der Waals surface area (Å²) in [5.41, 5.74) is -0.742. The molecule has 3 nitrogen and oxygen atoms in total. The largest absolute Gasteiger partial charge is 0.507 e. The Bertz CT molecular complexity index is 692. The normalized spacial score (nSPS) is 13.0. The number of aromatic hydroxyl groups is 1. The van der Waals surface area contributed by atoms with Gasteiger partial charge in [-0.1, -0.05) is 23.2 Å². The number of hydrogen-bond acceptors (Lipinski definition) is 3. The first-order chi connectivity index (χ1) is 10.2. The highest BCUT2D eigenvalue weighted by Gasteiger charge is 2.31. The molecule has 0 aliphatic carbocycles. The van der Waals surface area contributed by atoms with Gasteiger partial charge < -0.3 is 15.5 Å². The fourth-order valence-electron chi connectivity index (χ4n) is 1.78. The van der Waals surface area contributed by atoms with Crippen molar-refractivity contribution in [3.8, 4) is 5.75 Å². The molecule has 1 atom stereocenters. The summed E-state index contributed by atoms with van der Waals surface area (Å²) >= 11 is 11.5. The lowest BCUT2D eigenvalue weighted by molar-refractivity contribution is -0.137. The number of halogens is 5. The zero-order valence-electron chi connectivity index (χ0n) is 10.8. The second-order valence-electron chi connectivity index (χ2n) is 4.44. The zero-order valence-corrected chi connectivity index (χ0v) is 12.3. The van der Waals surface area contributed by atoms with E-state index in [1.165, 1.54) is 18.2 Å². The van der Waals surface area contributed by atoms with E-state index in [1.54, 1.807) is 0 Å². The van der Waals surface area contributed by atoms with Gasteiger partial charge in [-0.15, -0.1) is 0 Å². The predicted octanol–water partition coefficient (Wildman–Crippen LogP) is 4.82. The molecule has 0 amide bonds. The summed E-state index contributed by atoms with van der Waals surface area (Å²) in [6.07, 6.45) is -5.90. The highest BCUT2D eigenvalue weighted by molar-refractivity contribution is 6.33. The molecule has 0 aliphatic rings. The molecule has 2 aromatic carbocycles. The van der Waals surface area contributed by atoms with Crippen LogP contribution in [0.5, 0.6) is 5.75 Å². The number of alkyl halides is 3. The number of aliphatic hydroxyl groups is 1. The van der Waals surface area contributed by atoms with Crippen molar-refractivity contribution in [2.24, 2.45) is 0 Å². The van der Waals surface area contributed by atoms with Crippen molar-refractivity contribution in [3.05, 3.63) is 57.6 Å². The number of anilines is 1. The van der Waals surface area contributed by atoms with Crippen LogP contribution in [-0.2, 0) is 6.18 Å². The van der Waals surface area contributed by atoms with E-state index < -0.39 is 18.0 Å². The molecule has 3 N–H and O–H groups in total. The highest BCUT2D eigenvalue weighted by Crippen LogP contribution is 2.35. The van der Waals surface area contributed by atoms with Crippen LogP contribution in [0.3, 0.4) is 0 Å². The van der Waals surface area contributed by atoms with Gasteiger partial charge in [-0.25, -0.2) is 0 Å². The minimum atomic E-state index is -4.51. The molecule has 118 valence electrons. The number of phenolic OH excluding ortho intramolecular Hbond substituents is 1. The van der Waals surface area contributed by atoms with Crippen LogP contribution in [0.25, 0.3) is 0 Å². The quantitative estimate of drug-likeness (QED) is 0.694. The summed E-state index contributed by atoms with van der Waals surface area (Å²) in [6, 6.07) is 6.71. The van der Waals surface area contributed by atoms with Gasteiger partial charge in [0.25, 0.3) is 0 Å². The molecule has 2 aromatic rings. The molecule has 0 aliphatic heterocycles. The summed E-state index contributed by atoms with van der Waals surface area (Å²) in [6.45, 7) is 0. The Morgan fingerprint density at radius 1 is 1.05 bits per heavy atom. The fourth-order valence-corrected chi connectivity index (χ4v) is 2.19. The molecule has 8 heteroatoms. The standard InChI is InChI=1S/C14H10Cl2F3NO2/c15-8-2-4-12(21)9(6-8)13(22)20-11-3-1-7(5-10(11)16)14(17,18)19/h1-6,13,20-22H. The maximum absolute atomic E-state index is 12.5. The Balaban J connectivity index is 2.25. The average Bonchev–Trinajstić information content (AvgIpc) is 2.42. The van der Waals surface area contributed by atoms with Crippen LogP contribution in [-0.4, -0.2) is 10.2 Å². The second kappa shape index (κ2) is 6.24. The van der Waals surface area contributed by atoms with Gasteiger partial charge in [0.1, 0.15) is 5.75 Å². The molecule has 0 saturated heterocycles. The van der Waals surface area contributed by atoms with E-state index >= 15 is 0 Å². The SMILES string of the molecule is Oc1ccc(Cl)cc1C(O)Nc1ccc(C(F)(F)F)cc1Cl. The number of nitrogens with one attached hydrogen (secondary N) is 1. The Hall–Kier alpha value is -1.63. The molecule has 0 heterocycles. The summed E-state index contributed by atoms with van der Waals surface area (Å²) in [5, 5.41) is 22.3. The number of benzene rings is 2. The van der Waals surface area contributed by atoms with Crippen molar-refractivity contribution in [2.75, 3.05) is 5.32 Å². The molecular formula is C14H10Cl2F3NO2. The molecular weight excluding hydrogens is 342 g/mol. The first kappa shape index (κ1) is 16.7. The lowest BCUT2D eigenvalue weighted by Gasteiger charge is -2.18. The van der Waals surface area contributed by atoms with Crippen LogP contribution >= 0.6 is 23.2 Å². The van der Waals surface area contributed by atoms with Crippen LogP contribution in [0.15, 0.2) is 36.4 Å². The van der Waals surface area contributed by atoms with Crippen molar-refractivity contribution >= 4 is 28.9 Å². The molecule has 0 saturated carbocycles. The van der Waals surface area contributed by atoms with Gasteiger partial charge in [0.15, 0.2) is 6.23 Å². The smallest absolute Gasteiger partial charge is 0.416 e. The number of rotatable bonds is 3. The molecule has 22 heavy (non-hydrogen) atoms. The Morgan fingerprint density at radius 3 is 2.32 bits per heavy atom. The predicted molar refractivity (Wildman–Crippen MR) is 78.2 cm³/mol. The summed E-state index contributed by atoms with van der Waals surface area (Å²) in [4.78, 5) is 0. The van der Waals surface area contributed by atoms with Crippen LogP contribution < -0.4 is 5.32 Å². The van der Waals surface area contributed by atoms with E-state index in [2.05, 4.69) is 5.32 Å². The fraction of sp³-hybridized carbons (Fsp3) is 0.143. The number of aliphatic hydroxyl groups excluding tert-OH is 1. The van der Waals surface area contributed by atoms with E-state index in [0.29, 0.717) is 0 Å². The van der Waals surface area contributed by atoms with Gasteiger partial charge in [0.05, 0.1) is 16.3 Å². The monoisotopic (exact) mass is 351 g/mol. The van der Waals surface area contributed by atoms with E-state index in [0.717, 1.165) is 18.2 Å². The topological polar surface area (TPSA) is 52.5 Å². The Kier molecular flexibility index (Phi) is 4.75. The maximum Gasteiger partial charge on any atom is 0.416 e.